The van der Waals surface area contributed by atoms with Crippen LogP contribution in [0.5, 0.6) is 11.5 Å². The smallest absolute Gasteiger partial charge is 0.333 e. The van der Waals surface area contributed by atoms with Crippen LogP contribution >= 0.6 is 23.2 Å². The average molecular weight is 585 g/mol. The van der Waals surface area contributed by atoms with E-state index in [2.05, 4.69) is 10.3 Å². The second-order valence-corrected chi connectivity index (χ2v) is 9.81. The van der Waals surface area contributed by atoms with Crippen molar-refractivity contribution in [1.82, 2.24) is 10.3 Å². The number of rotatable bonds is 9. The zero-order valence-corrected chi connectivity index (χ0v) is 24.6. The second kappa shape index (κ2) is 13.5. The fourth-order valence-electron chi connectivity index (χ4n) is 3.83. The Kier molecular flexibility index (Phi) is 10.3. The molecule has 0 aliphatic heterocycles. The van der Waals surface area contributed by atoms with Gasteiger partial charge in [0.25, 0.3) is 5.91 Å². The van der Waals surface area contributed by atoms with Crippen molar-refractivity contribution in [3.63, 3.8) is 0 Å². The van der Waals surface area contributed by atoms with E-state index < -0.39 is 23.9 Å². The number of methoxy groups -OCH3 is 1. The van der Waals surface area contributed by atoms with Crippen molar-refractivity contribution in [1.29, 1.82) is 0 Å². The first-order valence-electron chi connectivity index (χ1n) is 12.5. The largest absolute Gasteiger partial charge is 0.493 e. The Hall–Kier alpha value is -3.88. The van der Waals surface area contributed by atoms with Crippen LogP contribution in [0.3, 0.4) is 0 Å². The number of aryl methyl sites for hydroxylation is 2. The summed E-state index contributed by atoms with van der Waals surface area (Å²) in [5.74, 6) is -1.70. The van der Waals surface area contributed by atoms with Gasteiger partial charge in [0.1, 0.15) is 11.8 Å². The minimum absolute atomic E-state index is 0.0794. The van der Waals surface area contributed by atoms with E-state index in [4.69, 9.17) is 37.4 Å². The predicted octanol–water partition coefficient (Wildman–Crippen LogP) is 6.47. The third kappa shape index (κ3) is 7.20. The van der Waals surface area contributed by atoms with Gasteiger partial charge in [-0.25, -0.2) is 9.78 Å². The topological polar surface area (TPSA) is 104 Å². The van der Waals surface area contributed by atoms with Crippen molar-refractivity contribution >= 4 is 46.6 Å². The highest BCUT2D eigenvalue weighted by Gasteiger charge is 2.26. The zero-order valence-electron chi connectivity index (χ0n) is 23.1. The molecule has 10 heteroatoms. The molecule has 210 valence electrons. The number of pyridine rings is 1. The second-order valence-electron chi connectivity index (χ2n) is 8.99. The molecule has 8 nitrogen and oxygen atoms in total. The molecule has 3 rings (SSSR count). The van der Waals surface area contributed by atoms with Gasteiger partial charge in [0.05, 0.1) is 7.11 Å². The van der Waals surface area contributed by atoms with Crippen molar-refractivity contribution in [2.45, 2.75) is 47.1 Å². The molecule has 3 aromatic rings. The fraction of sp³-hybridized carbons (Fsp3) is 0.267. The van der Waals surface area contributed by atoms with Crippen LogP contribution in [0.1, 0.15) is 59.9 Å². The molecule has 1 atom stereocenters. The molecule has 0 aliphatic rings. The lowest BCUT2D eigenvalue weighted by molar-refractivity contribution is -0.141. The van der Waals surface area contributed by atoms with E-state index in [1.54, 1.807) is 26.0 Å². The first-order valence-corrected chi connectivity index (χ1v) is 13.2. The molecule has 0 saturated heterocycles. The molecule has 0 unspecified atom stereocenters. The molecule has 0 fully saturated rings. The maximum Gasteiger partial charge on any atom is 0.333 e. The average Bonchev–Trinajstić information content (AvgIpc) is 2.92. The van der Waals surface area contributed by atoms with Crippen molar-refractivity contribution < 1.29 is 28.6 Å². The van der Waals surface area contributed by atoms with Crippen molar-refractivity contribution in [2.24, 2.45) is 0 Å². The summed E-state index contributed by atoms with van der Waals surface area (Å²) in [5.41, 5.74) is 3.73. The van der Waals surface area contributed by atoms with Crippen LogP contribution in [0.15, 0.2) is 54.4 Å². The number of esters is 2. The molecule has 1 N–H and O–H groups in total. The molecule has 1 heterocycles. The number of nitrogens with one attached hydrogen (secondary N) is 1. The fourth-order valence-corrected chi connectivity index (χ4v) is 4.06. The van der Waals surface area contributed by atoms with Crippen LogP contribution in [0.2, 0.25) is 10.0 Å². The lowest BCUT2D eigenvalue weighted by atomic mass is 9.94. The van der Waals surface area contributed by atoms with Crippen molar-refractivity contribution in [3.8, 4) is 11.5 Å². The standard InChI is InChI=1S/C30H30Cl2N2O6/c1-7-25(35)40-28-24(38-6)12-13-33-27(28)29(36)34-18(4)30(37)39-19(5)26(20-8-10-22(31)16(2)14-20)21-9-11-23(32)17(3)15-21/h8-15,18H,7H2,1-6H3,(H,34,36)/t18-/m0/s1. The molecule has 2 aromatic carbocycles. The molecule has 0 saturated carbocycles. The molecule has 0 aliphatic carbocycles. The van der Waals surface area contributed by atoms with E-state index >= 15 is 0 Å². The summed E-state index contributed by atoms with van der Waals surface area (Å²) in [7, 11) is 1.37. The van der Waals surface area contributed by atoms with E-state index in [1.165, 1.54) is 26.3 Å². The molecular formula is C30H30Cl2N2O6. The molecule has 0 radical (unpaired) electrons. The van der Waals surface area contributed by atoms with Gasteiger partial charge in [-0.1, -0.05) is 42.3 Å². The molecular weight excluding hydrogens is 555 g/mol. The monoisotopic (exact) mass is 584 g/mol. The Balaban J connectivity index is 1.91. The Labute approximate surface area is 243 Å². The van der Waals surface area contributed by atoms with Crippen molar-refractivity contribution in [2.75, 3.05) is 7.11 Å². The van der Waals surface area contributed by atoms with Crippen LogP contribution in [0.25, 0.3) is 5.57 Å². The number of halogens is 2. The van der Waals surface area contributed by atoms with Crippen LogP contribution in [0, 0.1) is 13.8 Å². The van der Waals surface area contributed by atoms with Gasteiger partial charge in [0.2, 0.25) is 5.75 Å². The van der Waals surface area contributed by atoms with E-state index in [9.17, 15) is 14.4 Å². The van der Waals surface area contributed by atoms with Gasteiger partial charge in [-0.05, 0) is 74.2 Å². The lowest BCUT2D eigenvalue weighted by Crippen LogP contribution is -2.40. The third-order valence-electron chi connectivity index (χ3n) is 6.01. The van der Waals surface area contributed by atoms with E-state index in [1.807, 2.05) is 38.1 Å². The highest BCUT2D eigenvalue weighted by atomic mass is 35.5. The van der Waals surface area contributed by atoms with Gasteiger partial charge in [0, 0.05) is 34.3 Å². The minimum atomic E-state index is -1.08. The summed E-state index contributed by atoms with van der Waals surface area (Å²) in [6, 6.07) is 11.4. The van der Waals surface area contributed by atoms with E-state index in [0.29, 0.717) is 21.4 Å². The quantitative estimate of drug-likeness (QED) is 0.227. The normalized spacial score (nSPS) is 11.3. The Morgan fingerprint density at radius 1 is 0.975 bits per heavy atom. The Morgan fingerprint density at radius 2 is 1.55 bits per heavy atom. The first-order chi connectivity index (χ1) is 19.0. The number of ether oxygens (including phenoxy) is 3. The van der Waals surface area contributed by atoms with Crippen LogP contribution in [-0.4, -0.2) is 36.0 Å². The number of aromatic nitrogens is 1. The van der Waals surface area contributed by atoms with Gasteiger partial charge < -0.3 is 19.5 Å². The zero-order chi connectivity index (χ0) is 29.6. The Morgan fingerprint density at radius 3 is 2.05 bits per heavy atom. The summed E-state index contributed by atoms with van der Waals surface area (Å²) in [6.07, 6.45) is 1.41. The molecule has 1 aromatic heterocycles. The predicted molar refractivity (Wildman–Crippen MR) is 154 cm³/mol. The molecule has 40 heavy (non-hydrogen) atoms. The molecule has 0 spiro atoms. The van der Waals surface area contributed by atoms with Gasteiger partial charge in [-0.2, -0.15) is 0 Å². The summed E-state index contributed by atoms with van der Waals surface area (Å²) in [6.45, 7) is 8.53. The minimum Gasteiger partial charge on any atom is -0.493 e. The maximum atomic E-state index is 13.1. The number of carbonyl (C=O) groups excluding carboxylic acids is 3. The van der Waals surface area contributed by atoms with Crippen LogP contribution < -0.4 is 14.8 Å². The third-order valence-corrected chi connectivity index (χ3v) is 6.86. The lowest BCUT2D eigenvalue weighted by Gasteiger charge is -2.18. The highest BCUT2D eigenvalue weighted by molar-refractivity contribution is 6.31. The van der Waals surface area contributed by atoms with Crippen molar-refractivity contribution in [3.05, 3.63) is 92.4 Å². The van der Waals surface area contributed by atoms with Crippen LogP contribution in [0.4, 0.5) is 0 Å². The van der Waals surface area contributed by atoms with E-state index in [0.717, 1.165) is 22.3 Å². The number of hydrogen-bond donors (Lipinski definition) is 1. The molecule has 1 amide bonds. The SMILES string of the molecule is CCC(=O)Oc1c(OC)ccnc1C(=O)N[C@@H](C)C(=O)OC(C)=C(c1ccc(Cl)c(C)c1)c1ccc(Cl)c(C)c1. The van der Waals surface area contributed by atoms with E-state index in [-0.39, 0.29) is 23.6 Å². The number of carbonyl (C=O) groups is 3. The van der Waals surface area contributed by atoms with Crippen LogP contribution in [-0.2, 0) is 14.3 Å². The van der Waals surface area contributed by atoms with Gasteiger partial charge in [-0.15, -0.1) is 0 Å². The maximum absolute atomic E-state index is 13.1. The number of allylic oxidation sites excluding steroid dienone is 1. The number of hydrogen-bond acceptors (Lipinski definition) is 7. The first kappa shape index (κ1) is 30.7. The summed E-state index contributed by atoms with van der Waals surface area (Å²) in [4.78, 5) is 42.1. The number of nitrogens with zero attached hydrogens (tertiary/aromatic N) is 1. The highest BCUT2D eigenvalue weighted by Crippen LogP contribution is 2.33. The van der Waals surface area contributed by atoms with Gasteiger partial charge in [-0.3, -0.25) is 9.59 Å². The van der Waals surface area contributed by atoms with Gasteiger partial charge in [0.15, 0.2) is 11.4 Å². The number of benzene rings is 2. The summed E-state index contributed by atoms with van der Waals surface area (Å²) >= 11 is 12.5. The van der Waals surface area contributed by atoms with Gasteiger partial charge >= 0.3 is 11.9 Å². The Bertz CT molecular complexity index is 1430. The summed E-state index contributed by atoms with van der Waals surface area (Å²) < 4.78 is 16.2. The molecule has 0 bridgehead atoms. The summed E-state index contributed by atoms with van der Waals surface area (Å²) in [5, 5.41) is 3.77. The number of amides is 1.